The van der Waals surface area contributed by atoms with E-state index in [1.807, 2.05) is 59.5 Å². The summed E-state index contributed by atoms with van der Waals surface area (Å²) in [6, 6.07) is 17.2. The molecule has 5 nitrogen and oxygen atoms in total. The SMILES string of the molecule is CC(=O)Nc1ccc(-c2cc(C(=O)N3CCCCC3)c3ccccc3n2)cc1. The van der Waals surface area contributed by atoms with Gasteiger partial charge in [0.15, 0.2) is 0 Å². The Hall–Kier alpha value is -3.21. The fourth-order valence-electron chi connectivity index (χ4n) is 3.70. The van der Waals surface area contributed by atoms with Crippen molar-refractivity contribution in [2.75, 3.05) is 18.4 Å². The lowest BCUT2D eigenvalue weighted by atomic mass is 10.0. The van der Waals surface area contributed by atoms with Crippen LogP contribution in [0.5, 0.6) is 0 Å². The second kappa shape index (κ2) is 7.80. The van der Waals surface area contributed by atoms with Gasteiger partial charge in [-0.15, -0.1) is 0 Å². The van der Waals surface area contributed by atoms with Crippen LogP contribution in [0.2, 0.25) is 0 Å². The molecule has 0 spiro atoms. The Morgan fingerprint density at radius 2 is 1.68 bits per heavy atom. The van der Waals surface area contributed by atoms with E-state index in [4.69, 9.17) is 4.98 Å². The van der Waals surface area contributed by atoms with Crippen LogP contribution in [-0.2, 0) is 4.79 Å². The number of fused-ring (bicyclic) bond motifs is 1. The maximum absolute atomic E-state index is 13.2. The highest BCUT2D eigenvalue weighted by molar-refractivity contribution is 6.07. The Labute approximate surface area is 164 Å². The molecule has 0 saturated carbocycles. The number of carbonyl (C=O) groups excluding carboxylic acids is 2. The number of amides is 2. The molecule has 0 aliphatic carbocycles. The molecule has 1 N–H and O–H groups in total. The van der Waals surface area contributed by atoms with E-state index in [0.717, 1.165) is 53.8 Å². The number of para-hydroxylation sites is 1. The normalized spacial score (nSPS) is 14.1. The van der Waals surface area contributed by atoms with Crippen LogP contribution in [0.25, 0.3) is 22.2 Å². The summed E-state index contributed by atoms with van der Waals surface area (Å²) < 4.78 is 0. The molecule has 1 aliphatic heterocycles. The van der Waals surface area contributed by atoms with Crippen LogP contribution < -0.4 is 5.32 Å². The fraction of sp³-hybridized carbons (Fsp3) is 0.261. The van der Waals surface area contributed by atoms with Crippen molar-refractivity contribution in [1.82, 2.24) is 9.88 Å². The maximum Gasteiger partial charge on any atom is 0.254 e. The molecule has 28 heavy (non-hydrogen) atoms. The van der Waals surface area contributed by atoms with Gasteiger partial charge >= 0.3 is 0 Å². The number of carbonyl (C=O) groups is 2. The van der Waals surface area contributed by atoms with Gasteiger partial charge in [0, 0.05) is 36.7 Å². The van der Waals surface area contributed by atoms with E-state index in [2.05, 4.69) is 5.32 Å². The summed E-state index contributed by atoms with van der Waals surface area (Å²) in [6.45, 7) is 3.11. The smallest absolute Gasteiger partial charge is 0.254 e. The van der Waals surface area contributed by atoms with E-state index in [9.17, 15) is 9.59 Å². The molecule has 0 unspecified atom stereocenters. The predicted octanol–water partition coefficient (Wildman–Crippen LogP) is 4.49. The van der Waals surface area contributed by atoms with E-state index in [-0.39, 0.29) is 11.8 Å². The quantitative estimate of drug-likeness (QED) is 0.736. The Morgan fingerprint density at radius 3 is 2.39 bits per heavy atom. The van der Waals surface area contributed by atoms with Gasteiger partial charge in [0.2, 0.25) is 5.91 Å². The first-order valence-electron chi connectivity index (χ1n) is 9.69. The number of nitrogens with zero attached hydrogens (tertiary/aromatic N) is 2. The van der Waals surface area contributed by atoms with E-state index in [0.29, 0.717) is 5.56 Å². The van der Waals surface area contributed by atoms with Crippen molar-refractivity contribution in [2.45, 2.75) is 26.2 Å². The van der Waals surface area contributed by atoms with Gasteiger partial charge in [-0.3, -0.25) is 9.59 Å². The van der Waals surface area contributed by atoms with Crippen LogP contribution in [0, 0.1) is 0 Å². The van der Waals surface area contributed by atoms with Gasteiger partial charge in [-0.05, 0) is 43.5 Å². The fourth-order valence-corrected chi connectivity index (χ4v) is 3.70. The molecule has 2 heterocycles. The van der Waals surface area contributed by atoms with Crippen LogP contribution >= 0.6 is 0 Å². The van der Waals surface area contributed by atoms with Crippen LogP contribution in [-0.4, -0.2) is 34.8 Å². The number of benzene rings is 2. The van der Waals surface area contributed by atoms with Crippen LogP contribution in [0.4, 0.5) is 5.69 Å². The van der Waals surface area contributed by atoms with Gasteiger partial charge in [0.05, 0.1) is 16.8 Å². The van der Waals surface area contributed by atoms with Gasteiger partial charge in [-0.2, -0.15) is 0 Å². The Balaban J connectivity index is 1.75. The molecular formula is C23H23N3O2. The molecule has 4 rings (SSSR count). The summed E-state index contributed by atoms with van der Waals surface area (Å²) in [5.41, 5.74) is 3.92. The number of hydrogen-bond acceptors (Lipinski definition) is 3. The molecule has 5 heteroatoms. The molecule has 1 saturated heterocycles. The second-order valence-electron chi connectivity index (χ2n) is 7.18. The number of anilines is 1. The van der Waals surface area contributed by atoms with Gasteiger partial charge in [0.1, 0.15) is 0 Å². The van der Waals surface area contributed by atoms with E-state index < -0.39 is 0 Å². The minimum atomic E-state index is -0.106. The summed E-state index contributed by atoms with van der Waals surface area (Å²) >= 11 is 0. The predicted molar refractivity (Wildman–Crippen MR) is 111 cm³/mol. The number of piperidine rings is 1. The molecule has 0 bridgehead atoms. The molecule has 0 radical (unpaired) electrons. The number of aromatic nitrogens is 1. The van der Waals surface area contributed by atoms with E-state index in [1.54, 1.807) is 0 Å². The number of rotatable bonds is 3. The Kier molecular flexibility index (Phi) is 5.06. The molecule has 1 fully saturated rings. The van der Waals surface area contributed by atoms with Crippen molar-refractivity contribution >= 4 is 28.4 Å². The molecule has 1 aliphatic rings. The minimum Gasteiger partial charge on any atom is -0.339 e. The lowest BCUT2D eigenvalue weighted by Crippen LogP contribution is -2.35. The number of likely N-dealkylation sites (tertiary alicyclic amines) is 1. The third-order valence-corrected chi connectivity index (χ3v) is 5.09. The summed E-state index contributed by atoms with van der Waals surface area (Å²) in [7, 11) is 0. The lowest BCUT2D eigenvalue weighted by Gasteiger charge is -2.27. The van der Waals surface area contributed by atoms with E-state index >= 15 is 0 Å². The standard InChI is InChI=1S/C23H23N3O2/c1-16(27)24-18-11-9-17(10-12-18)22-15-20(19-7-3-4-8-21(19)25-22)23(28)26-13-5-2-6-14-26/h3-4,7-12,15H,2,5-6,13-14H2,1H3,(H,24,27). The average molecular weight is 373 g/mol. The molecule has 0 atom stereocenters. The molecule has 2 aromatic carbocycles. The van der Waals surface area contributed by atoms with Gasteiger partial charge in [-0.1, -0.05) is 30.3 Å². The summed E-state index contributed by atoms with van der Waals surface area (Å²) in [5.74, 6) is -0.0274. The van der Waals surface area contributed by atoms with Crippen LogP contribution in [0.1, 0.15) is 36.5 Å². The molecular weight excluding hydrogens is 350 g/mol. The first-order chi connectivity index (χ1) is 13.6. The molecule has 1 aromatic heterocycles. The van der Waals surface area contributed by atoms with E-state index in [1.165, 1.54) is 13.3 Å². The monoisotopic (exact) mass is 373 g/mol. The largest absolute Gasteiger partial charge is 0.339 e. The zero-order valence-electron chi connectivity index (χ0n) is 15.9. The van der Waals surface area contributed by atoms with Gasteiger partial charge in [-0.25, -0.2) is 4.98 Å². The topological polar surface area (TPSA) is 62.3 Å². The molecule has 3 aromatic rings. The molecule has 2 amide bonds. The van der Waals surface area contributed by atoms with Gasteiger partial charge < -0.3 is 10.2 Å². The first kappa shape index (κ1) is 18.2. The number of hydrogen-bond donors (Lipinski definition) is 1. The molecule has 142 valence electrons. The summed E-state index contributed by atoms with van der Waals surface area (Å²) in [4.78, 5) is 31.2. The Morgan fingerprint density at radius 1 is 0.964 bits per heavy atom. The summed E-state index contributed by atoms with van der Waals surface area (Å²) in [6.07, 6.45) is 3.31. The van der Waals surface area contributed by atoms with Crippen LogP contribution in [0.15, 0.2) is 54.6 Å². The zero-order valence-corrected chi connectivity index (χ0v) is 15.9. The Bertz CT molecular complexity index is 1020. The van der Waals surface area contributed by atoms with Crippen molar-refractivity contribution in [3.8, 4) is 11.3 Å². The van der Waals surface area contributed by atoms with Crippen molar-refractivity contribution < 1.29 is 9.59 Å². The highest BCUT2D eigenvalue weighted by Gasteiger charge is 2.21. The zero-order chi connectivity index (χ0) is 19.5. The van der Waals surface area contributed by atoms with Crippen molar-refractivity contribution in [2.24, 2.45) is 0 Å². The van der Waals surface area contributed by atoms with Crippen molar-refractivity contribution in [3.63, 3.8) is 0 Å². The summed E-state index contributed by atoms with van der Waals surface area (Å²) in [5, 5.41) is 3.65. The first-order valence-corrected chi connectivity index (χ1v) is 9.69. The highest BCUT2D eigenvalue weighted by Crippen LogP contribution is 2.27. The van der Waals surface area contributed by atoms with Crippen LogP contribution in [0.3, 0.4) is 0 Å². The minimum absolute atomic E-state index is 0.0782. The third-order valence-electron chi connectivity index (χ3n) is 5.09. The number of nitrogens with one attached hydrogen (secondary N) is 1. The second-order valence-corrected chi connectivity index (χ2v) is 7.18. The maximum atomic E-state index is 13.2. The number of pyridine rings is 1. The van der Waals surface area contributed by atoms with Crippen molar-refractivity contribution in [3.05, 3.63) is 60.2 Å². The highest BCUT2D eigenvalue weighted by atomic mass is 16.2. The lowest BCUT2D eigenvalue weighted by molar-refractivity contribution is -0.114. The average Bonchev–Trinajstić information content (AvgIpc) is 2.73. The van der Waals surface area contributed by atoms with Crippen molar-refractivity contribution in [1.29, 1.82) is 0 Å². The third kappa shape index (κ3) is 3.74. The van der Waals surface area contributed by atoms with Gasteiger partial charge in [0.25, 0.3) is 5.91 Å².